The predicted octanol–water partition coefficient (Wildman–Crippen LogP) is 13.6. The van der Waals surface area contributed by atoms with Gasteiger partial charge in [-0.2, -0.15) is 15.0 Å². The molecule has 43 heavy (non-hydrogen) atoms. The van der Waals surface area contributed by atoms with Gasteiger partial charge in [0, 0.05) is 24.6 Å². The van der Waals surface area contributed by atoms with Gasteiger partial charge in [-0.15, -0.1) is 0 Å². The first kappa shape index (κ1) is 41.2. The third kappa shape index (κ3) is 25.0. The topological polar surface area (TPSA) is 41.9 Å². The zero-order valence-corrected chi connectivity index (χ0v) is 32.0. The Morgan fingerprint density at radius 1 is 0.395 bits per heavy atom. The van der Waals surface area contributed by atoms with Crippen LogP contribution in [0.3, 0.4) is 0 Å². The molecule has 0 amide bonds. The number of hydrogen-bond donors (Lipinski definition) is 0. The van der Waals surface area contributed by atoms with Gasteiger partial charge in [0.1, 0.15) is 0 Å². The minimum atomic E-state index is 0.890. The molecule has 0 saturated heterocycles. The first-order chi connectivity index (χ1) is 21.2. The fraction of sp³-hybridized carbons (Fsp3) is 0.914. The van der Waals surface area contributed by atoms with Crippen LogP contribution in [0.5, 0.6) is 0 Å². The van der Waals surface area contributed by atoms with E-state index in [9.17, 15) is 0 Å². The molecule has 4 nitrogen and oxygen atoms in total. The van der Waals surface area contributed by atoms with Crippen molar-refractivity contribution in [2.24, 2.45) is 0 Å². The van der Waals surface area contributed by atoms with E-state index >= 15 is 0 Å². The van der Waals surface area contributed by atoms with Crippen LogP contribution < -0.4 is 4.90 Å². The van der Waals surface area contributed by atoms with Crippen LogP contribution in [0.15, 0.2) is 10.3 Å². The Morgan fingerprint density at radius 2 is 0.721 bits per heavy atom. The lowest BCUT2D eigenvalue weighted by atomic mass is 10.1. The molecular weight excluding hydrogens is 605 g/mol. The second-order valence-corrected chi connectivity index (χ2v) is 16.8. The van der Waals surface area contributed by atoms with Gasteiger partial charge in [0.2, 0.25) is 16.3 Å². The molecule has 0 saturated carbocycles. The highest BCUT2D eigenvalue weighted by molar-refractivity contribution is 8.77. The van der Waals surface area contributed by atoms with Gasteiger partial charge in [-0.3, -0.25) is 0 Å². The van der Waals surface area contributed by atoms with Crippen molar-refractivity contribution in [1.82, 2.24) is 15.0 Å². The van der Waals surface area contributed by atoms with Crippen LogP contribution in [0.25, 0.3) is 0 Å². The molecule has 8 heteroatoms. The van der Waals surface area contributed by atoms with Crippen molar-refractivity contribution in [3.8, 4) is 0 Å². The van der Waals surface area contributed by atoms with E-state index in [-0.39, 0.29) is 0 Å². The standard InChI is InChI=1S/C35H68N4S4/c1-5-9-13-15-17-19-21-23-25-27-31-40-42-34-36-33(39(29-11-7-3)30-12-8-4)37-35(38-34)43-41-32-28-26-24-22-20-18-16-14-10-6-2/h5-32H2,1-4H3. The van der Waals surface area contributed by atoms with Crippen molar-refractivity contribution in [3.63, 3.8) is 0 Å². The van der Waals surface area contributed by atoms with Crippen molar-refractivity contribution in [2.75, 3.05) is 29.5 Å². The maximum absolute atomic E-state index is 4.96. The van der Waals surface area contributed by atoms with Gasteiger partial charge in [0.15, 0.2) is 0 Å². The van der Waals surface area contributed by atoms with E-state index < -0.39 is 0 Å². The van der Waals surface area contributed by atoms with Crippen molar-refractivity contribution in [3.05, 3.63) is 0 Å². The molecule has 252 valence electrons. The molecule has 0 aliphatic heterocycles. The van der Waals surface area contributed by atoms with Gasteiger partial charge in [-0.1, -0.05) is 178 Å². The smallest absolute Gasteiger partial charge is 0.230 e. The molecule has 0 aliphatic rings. The zero-order chi connectivity index (χ0) is 31.1. The molecule has 0 bridgehead atoms. The van der Waals surface area contributed by atoms with E-state index in [0.29, 0.717) is 0 Å². The lowest BCUT2D eigenvalue weighted by molar-refractivity contribution is 0.563. The van der Waals surface area contributed by atoms with Crippen LogP contribution in [0.4, 0.5) is 5.95 Å². The number of unbranched alkanes of at least 4 members (excludes halogenated alkanes) is 20. The Balaban J connectivity index is 2.45. The quantitative estimate of drug-likeness (QED) is 0.0540. The van der Waals surface area contributed by atoms with E-state index in [1.165, 1.54) is 166 Å². The summed E-state index contributed by atoms with van der Waals surface area (Å²) in [7, 11) is 7.37. The van der Waals surface area contributed by atoms with Gasteiger partial charge in [-0.25, -0.2) is 0 Å². The molecule has 1 rings (SSSR count). The molecule has 0 fully saturated rings. The average molecular weight is 673 g/mol. The molecule has 1 aromatic heterocycles. The Kier molecular flexibility index (Phi) is 30.8. The van der Waals surface area contributed by atoms with Crippen LogP contribution >= 0.6 is 43.2 Å². The van der Waals surface area contributed by atoms with Crippen LogP contribution in [-0.2, 0) is 0 Å². The van der Waals surface area contributed by atoms with Gasteiger partial charge in [0.05, 0.1) is 0 Å². The van der Waals surface area contributed by atoms with Gasteiger partial charge in [-0.05, 0) is 47.3 Å². The maximum atomic E-state index is 4.96. The van der Waals surface area contributed by atoms with Gasteiger partial charge < -0.3 is 4.90 Å². The third-order valence-corrected chi connectivity index (χ3v) is 12.3. The van der Waals surface area contributed by atoms with Crippen molar-refractivity contribution < 1.29 is 0 Å². The summed E-state index contributed by atoms with van der Waals surface area (Å²) in [6, 6.07) is 0. The molecule has 0 aliphatic carbocycles. The summed E-state index contributed by atoms with van der Waals surface area (Å²) in [5.41, 5.74) is 0. The minimum Gasteiger partial charge on any atom is -0.341 e. The maximum Gasteiger partial charge on any atom is 0.230 e. The summed E-state index contributed by atoms with van der Waals surface area (Å²) in [6.45, 7) is 11.2. The van der Waals surface area contributed by atoms with Crippen molar-refractivity contribution >= 4 is 49.1 Å². The lowest BCUT2D eigenvalue weighted by Gasteiger charge is -2.22. The first-order valence-electron chi connectivity index (χ1n) is 18.3. The van der Waals surface area contributed by atoms with Crippen LogP contribution in [0, 0.1) is 0 Å². The fourth-order valence-electron chi connectivity index (χ4n) is 5.04. The second-order valence-electron chi connectivity index (χ2n) is 12.1. The molecule has 0 aromatic carbocycles. The van der Waals surface area contributed by atoms with Crippen molar-refractivity contribution in [2.45, 2.75) is 192 Å². The minimum absolute atomic E-state index is 0.890. The summed E-state index contributed by atoms with van der Waals surface area (Å²) in [4.78, 5) is 17.2. The summed E-state index contributed by atoms with van der Waals surface area (Å²) in [5, 5.41) is 1.78. The number of nitrogens with zero attached hydrogens (tertiary/aromatic N) is 4. The largest absolute Gasteiger partial charge is 0.341 e. The summed E-state index contributed by atoms with van der Waals surface area (Å²) in [5.74, 6) is 3.24. The number of aromatic nitrogens is 3. The lowest BCUT2D eigenvalue weighted by Crippen LogP contribution is -2.28. The van der Waals surface area contributed by atoms with Gasteiger partial charge >= 0.3 is 0 Å². The van der Waals surface area contributed by atoms with Crippen LogP contribution in [-0.4, -0.2) is 39.5 Å². The monoisotopic (exact) mass is 672 g/mol. The van der Waals surface area contributed by atoms with E-state index in [0.717, 1.165) is 29.4 Å². The Bertz CT molecular complexity index is 671. The second kappa shape index (κ2) is 32.2. The summed E-state index contributed by atoms with van der Waals surface area (Å²) < 4.78 is 0. The Morgan fingerprint density at radius 3 is 1.07 bits per heavy atom. The number of hydrogen-bond acceptors (Lipinski definition) is 8. The highest BCUT2D eigenvalue weighted by Gasteiger charge is 2.15. The van der Waals surface area contributed by atoms with E-state index in [4.69, 9.17) is 15.0 Å². The average Bonchev–Trinajstić information content (AvgIpc) is 3.02. The molecule has 0 N–H and O–H groups in total. The molecule has 0 unspecified atom stereocenters. The number of anilines is 1. The molecule has 0 spiro atoms. The predicted molar refractivity (Wildman–Crippen MR) is 202 cm³/mol. The third-order valence-electron chi connectivity index (χ3n) is 7.86. The molecular formula is C35H68N4S4. The number of rotatable bonds is 33. The molecule has 0 radical (unpaired) electrons. The Labute approximate surface area is 284 Å². The zero-order valence-electron chi connectivity index (χ0n) is 28.7. The SMILES string of the molecule is CCCCCCCCCCCCSSc1nc(SSCCCCCCCCCCCC)nc(N(CCCC)CCCC)n1. The molecule has 1 aromatic rings. The summed E-state index contributed by atoms with van der Waals surface area (Å²) >= 11 is 0. The summed E-state index contributed by atoms with van der Waals surface area (Å²) in [6.07, 6.45) is 32.5. The normalized spacial score (nSPS) is 11.4. The highest BCUT2D eigenvalue weighted by Crippen LogP contribution is 2.35. The van der Waals surface area contributed by atoms with E-state index in [1.807, 2.05) is 21.6 Å². The molecule has 1 heterocycles. The molecule has 0 atom stereocenters. The highest BCUT2D eigenvalue weighted by atomic mass is 33.1. The van der Waals surface area contributed by atoms with E-state index in [2.05, 4.69) is 32.6 Å². The van der Waals surface area contributed by atoms with Crippen molar-refractivity contribution in [1.29, 1.82) is 0 Å². The van der Waals surface area contributed by atoms with Crippen LogP contribution in [0.2, 0.25) is 0 Å². The Hall–Kier alpha value is 0.210. The van der Waals surface area contributed by atoms with Gasteiger partial charge in [0.25, 0.3) is 0 Å². The van der Waals surface area contributed by atoms with E-state index in [1.54, 1.807) is 21.6 Å². The first-order valence-corrected chi connectivity index (χ1v) is 23.0. The van der Waals surface area contributed by atoms with Crippen LogP contribution in [0.1, 0.15) is 182 Å². The fourth-order valence-corrected chi connectivity index (χ4v) is 8.89.